The Morgan fingerprint density at radius 3 is 2.43 bits per heavy atom. The Bertz CT molecular complexity index is 1010. The van der Waals surface area contributed by atoms with Crippen molar-refractivity contribution in [2.45, 2.75) is 27.2 Å². The molecule has 0 unspecified atom stereocenters. The summed E-state index contributed by atoms with van der Waals surface area (Å²) >= 11 is 0. The Morgan fingerprint density at radius 1 is 1.11 bits per heavy atom. The van der Waals surface area contributed by atoms with Crippen LogP contribution in [0, 0.1) is 6.92 Å². The zero-order chi connectivity index (χ0) is 20.3. The van der Waals surface area contributed by atoms with Crippen molar-refractivity contribution >= 4 is 28.5 Å². The van der Waals surface area contributed by atoms with Crippen molar-refractivity contribution in [2.24, 2.45) is 0 Å². The molecule has 28 heavy (non-hydrogen) atoms. The van der Waals surface area contributed by atoms with Gasteiger partial charge < -0.3 is 19.7 Å². The fourth-order valence-electron chi connectivity index (χ4n) is 3.37. The van der Waals surface area contributed by atoms with E-state index in [4.69, 9.17) is 4.74 Å². The number of nitrogens with one attached hydrogen (secondary N) is 1. The molecule has 2 aromatic carbocycles. The summed E-state index contributed by atoms with van der Waals surface area (Å²) in [5.41, 5.74) is 3.06. The lowest BCUT2D eigenvalue weighted by molar-refractivity contribution is -0.117. The number of aromatic amines is 1. The van der Waals surface area contributed by atoms with Crippen LogP contribution in [0.4, 0.5) is 5.69 Å². The Hall–Kier alpha value is -3.28. The van der Waals surface area contributed by atoms with Crippen LogP contribution in [0.15, 0.2) is 42.5 Å². The van der Waals surface area contributed by atoms with Gasteiger partial charge >= 0.3 is 5.97 Å². The Labute approximate surface area is 163 Å². The van der Waals surface area contributed by atoms with Gasteiger partial charge in [-0.3, -0.25) is 4.79 Å². The first-order valence-corrected chi connectivity index (χ1v) is 9.32. The van der Waals surface area contributed by atoms with Crippen molar-refractivity contribution in [3.8, 4) is 5.75 Å². The number of nitrogens with zero attached hydrogens (tertiary/aromatic N) is 1. The first-order chi connectivity index (χ1) is 13.4. The molecule has 2 N–H and O–H groups in total. The summed E-state index contributed by atoms with van der Waals surface area (Å²) in [6.45, 7) is 6.81. The molecule has 0 spiro atoms. The molecule has 0 saturated heterocycles. The van der Waals surface area contributed by atoms with Gasteiger partial charge in [0, 0.05) is 28.7 Å². The number of carbonyl (C=O) groups is 2. The summed E-state index contributed by atoms with van der Waals surface area (Å²) in [5, 5.41) is 10.3. The van der Waals surface area contributed by atoms with Crippen LogP contribution in [0.1, 0.15) is 35.5 Å². The lowest BCUT2D eigenvalue weighted by Gasteiger charge is -2.21. The van der Waals surface area contributed by atoms with E-state index in [1.54, 1.807) is 4.90 Å². The van der Waals surface area contributed by atoms with E-state index in [0.29, 0.717) is 18.7 Å². The maximum Gasteiger partial charge on any atom is 0.352 e. The number of aryl methyl sites for hydroxylation is 1. The van der Waals surface area contributed by atoms with Gasteiger partial charge in [-0.15, -0.1) is 0 Å². The standard InChI is InChI=1S/C22H24N2O4/c1-4-24(15-7-9-16(10-8-15)28-5-2)20(25)13-18-17-12-14(3)6-11-19(17)23-21(18)22(26)27/h6-12,23H,4-5,13H2,1-3H3,(H,26,27). The Morgan fingerprint density at radius 2 is 1.82 bits per heavy atom. The smallest absolute Gasteiger partial charge is 0.352 e. The average Bonchev–Trinajstić information content (AvgIpc) is 3.02. The molecule has 0 aliphatic rings. The number of carboxylic acid groups (broad SMARTS) is 1. The van der Waals surface area contributed by atoms with Gasteiger partial charge in [-0.1, -0.05) is 11.6 Å². The summed E-state index contributed by atoms with van der Waals surface area (Å²) in [7, 11) is 0. The van der Waals surface area contributed by atoms with E-state index in [0.717, 1.165) is 27.9 Å². The van der Waals surface area contributed by atoms with Crippen LogP contribution >= 0.6 is 0 Å². The van der Waals surface area contributed by atoms with Crippen LogP contribution in [0.3, 0.4) is 0 Å². The van der Waals surface area contributed by atoms with E-state index in [9.17, 15) is 14.7 Å². The molecule has 1 heterocycles. The maximum absolute atomic E-state index is 13.0. The quantitative estimate of drug-likeness (QED) is 0.644. The van der Waals surface area contributed by atoms with Gasteiger partial charge in [0.15, 0.2) is 0 Å². The SMILES string of the molecule is CCOc1ccc(N(CC)C(=O)Cc2c(C(=O)O)[nH]c3ccc(C)cc23)cc1. The number of ether oxygens (including phenoxy) is 1. The van der Waals surface area contributed by atoms with E-state index in [1.165, 1.54) is 0 Å². The van der Waals surface area contributed by atoms with Crippen molar-refractivity contribution in [2.75, 3.05) is 18.1 Å². The molecule has 0 saturated carbocycles. The van der Waals surface area contributed by atoms with Crippen LogP contribution in [-0.4, -0.2) is 35.1 Å². The summed E-state index contributed by atoms with van der Waals surface area (Å²) in [5.74, 6) is -0.479. The normalized spacial score (nSPS) is 10.8. The fourth-order valence-corrected chi connectivity index (χ4v) is 3.37. The second kappa shape index (κ2) is 8.17. The van der Waals surface area contributed by atoms with Gasteiger partial charge in [0.1, 0.15) is 11.4 Å². The predicted molar refractivity (Wildman–Crippen MR) is 109 cm³/mol. The number of fused-ring (bicyclic) bond motifs is 1. The number of carboxylic acids is 1. The number of likely N-dealkylation sites (N-methyl/N-ethyl adjacent to an activating group) is 1. The molecule has 6 heteroatoms. The van der Waals surface area contributed by atoms with Crippen molar-refractivity contribution in [3.63, 3.8) is 0 Å². The highest BCUT2D eigenvalue weighted by atomic mass is 16.5. The third kappa shape index (κ3) is 3.86. The minimum Gasteiger partial charge on any atom is -0.494 e. The molecule has 0 aliphatic carbocycles. The zero-order valence-corrected chi connectivity index (χ0v) is 16.3. The number of carbonyl (C=O) groups excluding carboxylic acids is 1. The van der Waals surface area contributed by atoms with Gasteiger partial charge in [-0.05, 0) is 57.2 Å². The molecule has 0 aliphatic heterocycles. The van der Waals surface area contributed by atoms with Gasteiger partial charge in [-0.25, -0.2) is 4.79 Å². The largest absolute Gasteiger partial charge is 0.494 e. The second-order valence-electron chi connectivity index (χ2n) is 6.57. The molecule has 0 bridgehead atoms. The van der Waals surface area contributed by atoms with Crippen LogP contribution < -0.4 is 9.64 Å². The second-order valence-corrected chi connectivity index (χ2v) is 6.57. The van der Waals surface area contributed by atoms with Crippen LogP contribution in [0.2, 0.25) is 0 Å². The lowest BCUT2D eigenvalue weighted by Crippen LogP contribution is -2.32. The van der Waals surface area contributed by atoms with Crippen LogP contribution in [-0.2, 0) is 11.2 Å². The van der Waals surface area contributed by atoms with Gasteiger partial charge in [-0.2, -0.15) is 0 Å². The molecule has 1 aromatic heterocycles. The van der Waals surface area contributed by atoms with Crippen molar-refractivity contribution < 1.29 is 19.4 Å². The summed E-state index contributed by atoms with van der Waals surface area (Å²) in [6.07, 6.45) is 0.00609. The number of amides is 1. The number of rotatable bonds is 7. The van der Waals surface area contributed by atoms with Crippen molar-refractivity contribution in [3.05, 3.63) is 59.3 Å². The molecule has 0 fully saturated rings. The van der Waals surface area contributed by atoms with Gasteiger partial charge in [0.2, 0.25) is 5.91 Å². The van der Waals surface area contributed by atoms with E-state index in [2.05, 4.69) is 4.98 Å². The number of anilines is 1. The molecular formula is C22H24N2O4. The number of H-pyrrole nitrogens is 1. The average molecular weight is 380 g/mol. The lowest BCUT2D eigenvalue weighted by atomic mass is 10.0. The molecule has 0 radical (unpaired) electrons. The number of hydrogen-bond donors (Lipinski definition) is 2. The molecule has 0 atom stereocenters. The van der Waals surface area contributed by atoms with Gasteiger partial charge in [0.05, 0.1) is 13.0 Å². The van der Waals surface area contributed by atoms with E-state index >= 15 is 0 Å². The van der Waals surface area contributed by atoms with E-state index in [1.807, 2.05) is 63.2 Å². The summed E-state index contributed by atoms with van der Waals surface area (Å²) < 4.78 is 5.45. The molecule has 3 aromatic rings. The Kier molecular flexibility index (Phi) is 5.68. The minimum absolute atomic E-state index is 0.00609. The van der Waals surface area contributed by atoms with E-state index in [-0.39, 0.29) is 18.0 Å². The maximum atomic E-state index is 13.0. The Balaban J connectivity index is 1.93. The molecular weight excluding hydrogens is 356 g/mol. The number of aromatic carboxylic acids is 1. The van der Waals surface area contributed by atoms with Gasteiger partial charge in [0.25, 0.3) is 0 Å². The number of hydrogen-bond acceptors (Lipinski definition) is 3. The monoisotopic (exact) mass is 380 g/mol. The van der Waals surface area contributed by atoms with Crippen LogP contribution in [0.5, 0.6) is 5.75 Å². The first kappa shape index (κ1) is 19.5. The minimum atomic E-state index is -1.07. The summed E-state index contributed by atoms with van der Waals surface area (Å²) in [6, 6.07) is 13.0. The topological polar surface area (TPSA) is 82.6 Å². The summed E-state index contributed by atoms with van der Waals surface area (Å²) in [4.78, 5) is 29.3. The zero-order valence-electron chi connectivity index (χ0n) is 16.3. The van der Waals surface area contributed by atoms with E-state index < -0.39 is 5.97 Å². The van der Waals surface area contributed by atoms with Crippen LogP contribution in [0.25, 0.3) is 10.9 Å². The number of benzene rings is 2. The molecule has 1 amide bonds. The fraction of sp³-hybridized carbons (Fsp3) is 0.273. The molecule has 3 rings (SSSR count). The highest BCUT2D eigenvalue weighted by Crippen LogP contribution is 2.26. The third-order valence-electron chi connectivity index (χ3n) is 4.68. The first-order valence-electron chi connectivity index (χ1n) is 9.32. The van der Waals surface area contributed by atoms with Crippen molar-refractivity contribution in [1.82, 2.24) is 4.98 Å². The highest BCUT2D eigenvalue weighted by molar-refractivity contribution is 6.03. The third-order valence-corrected chi connectivity index (χ3v) is 4.68. The van der Waals surface area contributed by atoms with Crippen molar-refractivity contribution in [1.29, 1.82) is 0 Å². The molecule has 146 valence electrons. The number of aromatic nitrogens is 1. The molecule has 6 nitrogen and oxygen atoms in total. The predicted octanol–water partition coefficient (Wildman–Crippen LogP) is 4.17. The highest BCUT2D eigenvalue weighted by Gasteiger charge is 2.22.